The molecule has 0 radical (unpaired) electrons. The molecule has 0 amide bonds. The van der Waals surface area contributed by atoms with Crippen molar-refractivity contribution in [3.05, 3.63) is 35.4 Å². The Morgan fingerprint density at radius 1 is 1.36 bits per heavy atom. The van der Waals surface area contributed by atoms with Crippen LogP contribution in [0.3, 0.4) is 0 Å². The van der Waals surface area contributed by atoms with Crippen LogP contribution in [0.15, 0.2) is 24.3 Å². The summed E-state index contributed by atoms with van der Waals surface area (Å²) in [6.45, 7) is 0.918. The normalized spacial score (nSPS) is 29.3. The summed E-state index contributed by atoms with van der Waals surface area (Å²) in [5.74, 6) is -0.199. The van der Waals surface area contributed by atoms with Crippen LogP contribution in [0.4, 0.5) is 0 Å². The molecule has 1 aromatic carbocycles. The maximum Gasteiger partial charge on any atom is 0.340 e. The Labute approximate surface area is 82.1 Å². The van der Waals surface area contributed by atoms with Crippen molar-refractivity contribution in [1.29, 1.82) is 0 Å². The molecule has 1 saturated heterocycles. The Morgan fingerprint density at radius 3 is 3.00 bits per heavy atom. The Morgan fingerprint density at radius 2 is 2.21 bits per heavy atom. The van der Waals surface area contributed by atoms with Gasteiger partial charge in [0.2, 0.25) is 0 Å². The highest BCUT2D eigenvalue weighted by Crippen LogP contribution is 2.40. The zero-order valence-corrected chi connectivity index (χ0v) is 7.75. The van der Waals surface area contributed by atoms with E-state index in [4.69, 9.17) is 4.74 Å². The molecule has 1 fully saturated rings. The average molecular weight is 189 g/mol. The van der Waals surface area contributed by atoms with Crippen molar-refractivity contribution in [2.45, 2.75) is 18.6 Å². The van der Waals surface area contributed by atoms with E-state index in [1.54, 1.807) is 0 Å². The fourth-order valence-electron chi connectivity index (χ4n) is 2.31. The lowest BCUT2D eigenvalue weighted by Gasteiger charge is -2.23. The summed E-state index contributed by atoms with van der Waals surface area (Å²) in [5.41, 5.74) is 1.21. The maximum atomic E-state index is 11.6. The Balaban J connectivity index is 2.18. The van der Waals surface area contributed by atoms with E-state index in [1.165, 1.54) is 0 Å². The number of carbonyl (C=O) groups is 1. The minimum absolute atomic E-state index is 0.199. The SMILES string of the molecule is O=C1OC2(CCCN2)c2ccccc21. The lowest BCUT2D eigenvalue weighted by atomic mass is 9.99. The molecule has 1 aromatic rings. The van der Waals surface area contributed by atoms with Gasteiger partial charge in [0, 0.05) is 12.0 Å². The van der Waals surface area contributed by atoms with Gasteiger partial charge in [0.25, 0.3) is 0 Å². The summed E-state index contributed by atoms with van der Waals surface area (Å²) in [5, 5.41) is 3.28. The Hall–Kier alpha value is -1.35. The van der Waals surface area contributed by atoms with Gasteiger partial charge >= 0.3 is 5.97 Å². The highest BCUT2D eigenvalue weighted by Gasteiger charge is 2.46. The summed E-state index contributed by atoms with van der Waals surface area (Å²) in [4.78, 5) is 11.6. The smallest absolute Gasteiger partial charge is 0.340 e. The second kappa shape index (κ2) is 2.58. The van der Waals surface area contributed by atoms with Gasteiger partial charge in [-0.3, -0.25) is 5.32 Å². The third-order valence-corrected chi connectivity index (χ3v) is 2.97. The molecule has 2 aliphatic rings. The largest absolute Gasteiger partial charge is 0.436 e. The molecule has 3 nitrogen and oxygen atoms in total. The minimum atomic E-state index is -0.506. The predicted molar refractivity (Wildman–Crippen MR) is 50.8 cm³/mol. The van der Waals surface area contributed by atoms with Gasteiger partial charge in [-0.25, -0.2) is 4.79 Å². The number of fused-ring (bicyclic) bond motifs is 2. The van der Waals surface area contributed by atoms with E-state index in [-0.39, 0.29) is 5.97 Å². The monoisotopic (exact) mass is 189 g/mol. The van der Waals surface area contributed by atoms with E-state index < -0.39 is 5.72 Å². The first kappa shape index (κ1) is 8.00. The van der Waals surface area contributed by atoms with Crippen molar-refractivity contribution in [2.75, 3.05) is 6.54 Å². The molecule has 1 N–H and O–H groups in total. The number of benzene rings is 1. The van der Waals surface area contributed by atoms with Gasteiger partial charge < -0.3 is 4.74 Å². The van der Waals surface area contributed by atoms with Gasteiger partial charge in [-0.1, -0.05) is 18.2 Å². The third-order valence-electron chi connectivity index (χ3n) is 2.97. The summed E-state index contributed by atoms with van der Waals surface area (Å²) >= 11 is 0. The van der Waals surface area contributed by atoms with Crippen molar-refractivity contribution in [1.82, 2.24) is 5.32 Å². The molecule has 1 unspecified atom stereocenters. The molecule has 14 heavy (non-hydrogen) atoms. The lowest BCUT2D eigenvalue weighted by molar-refractivity contribution is -0.0168. The van der Waals surface area contributed by atoms with E-state index in [1.807, 2.05) is 24.3 Å². The Kier molecular flexibility index (Phi) is 1.47. The van der Waals surface area contributed by atoms with Crippen molar-refractivity contribution < 1.29 is 9.53 Å². The first-order valence-corrected chi connectivity index (χ1v) is 4.90. The molecule has 1 spiro atoms. The summed E-state index contributed by atoms with van der Waals surface area (Å²) < 4.78 is 5.43. The van der Waals surface area contributed by atoms with E-state index in [9.17, 15) is 4.79 Å². The number of rotatable bonds is 0. The standard InChI is InChI=1S/C11H11NO2/c13-10-8-4-1-2-5-9(8)11(14-10)6-3-7-12-11/h1-2,4-5,12H,3,6-7H2. The summed E-state index contributed by atoms with van der Waals surface area (Å²) in [6.07, 6.45) is 1.94. The van der Waals surface area contributed by atoms with Crippen molar-refractivity contribution in [2.24, 2.45) is 0 Å². The number of hydrogen-bond donors (Lipinski definition) is 1. The van der Waals surface area contributed by atoms with E-state index >= 15 is 0 Å². The minimum Gasteiger partial charge on any atom is -0.436 e. The molecular weight excluding hydrogens is 178 g/mol. The van der Waals surface area contributed by atoms with Gasteiger partial charge in [0.1, 0.15) is 0 Å². The number of hydrogen-bond acceptors (Lipinski definition) is 3. The Bertz CT molecular complexity index is 394. The number of ether oxygens (including phenoxy) is 1. The van der Waals surface area contributed by atoms with E-state index in [0.717, 1.165) is 24.9 Å². The highest BCUT2D eigenvalue weighted by molar-refractivity contribution is 5.94. The fourth-order valence-corrected chi connectivity index (χ4v) is 2.31. The van der Waals surface area contributed by atoms with Gasteiger partial charge in [-0.15, -0.1) is 0 Å². The van der Waals surface area contributed by atoms with Crippen LogP contribution in [0.2, 0.25) is 0 Å². The topological polar surface area (TPSA) is 38.3 Å². The van der Waals surface area contributed by atoms with Crippen LogP contribution in [-0.2, 0) is 10.5 Å². The highest BCUT2D eigenvalue weighted by atomic mass is 16.6. The molecule has 72 valence electrons. The molecule has 2 aliphatic heterocycles. The summed E-state index contributed by atoms with van der Waals surface area (Å²) in [6, 6.07) is 7.61. The zero-order chi connectivity index (χ0) is 9.60. The maximum absolute atomic E-state index is 11.6. The molecule has 3 rings (SSSR count). The molecule has 2 heterocycles. The van der Waals surface area contributed by atoms with Crippen molar-refractivity contribution >= 4 is 5.97 Å². The van der Waals surface area contributed by atoms with Crippen LogP contribution >= 0.6 is 0 Å². The van der Waals surface area contributed by atoms with Gasteiger partial charge in [-0.05, 0) is 19.0 Å². The number of esters is 1. The van der Waals surface area contributed by atoms with Crippen molar-refractivity contribution in [3.63, 3.8) is 0 Å². The van der Waals surface area contributed by atoms with Gasteiger partial charge in [0.05, 0.1) is 5.56 Å². The number of nitrogens with one attached hydrogen (secondary N) is 1. The zero-order valence-electron chi connectivity index (χ0n) is 7.75. The van der Waals surface area contributed by atoms with Crippen LogP contribution in [-0.4, -0.2) is 12.5 Å². The second-order valence-corrected chi connectivity index (χ2v) is 3.79. The molecule has 0 saturated carbocycles. The molecule has 1 atom stereocenters. The van der Waals surface area contributed by atoms with E-state index in [2.05, 4.69) is 5.32 Å². The number of carbonyl (C=O) groups excluding carboxylic acids is 1. The summed E-state index contributed by atoms with van der Waals surface area (Å²) in [7, 11) is 0. The van der Waals surface area contributed by atoms with Gasteiger partial charge in [-0.2, -0.15) is 0 Å². The molecule has 0 aromatic heterocycles. The lowest BCUT2D eigenvalue weighted by Crippen LogP contribution is -2.36. The van der Waals surface area contributed by atoms with E-state index in [0.29, 0.717) is 5.56 Å². The quantitative estimate of drug-likeness (QED) is 0.627. The molecular formula is C11H11NO2. The third kappa shape index (κ3) is 0.876. The predicted octanol–water partition coefficient (Wildman–Crippen LogP) is 1.39. The van der Waals surface area contributed by atoms with Gasteiger partial charge in [0.15, 0.2) is 5.72 Å². The van der Waals surface area contributed by atoms with Crippen LogP contribution in [0.1, 0.15) is 28.8 Å². The average Bonchev–Trinajstić information content (AvgIpc) is 2.77. The first-order chi connectivity index (χ1) is 6.82. The fraction of sp³-hybridized carbons (Fsp3) is 0.364. The molecule has 3 heteroatoms. The molecule has 0 aliphatic carbocycles. The second-order valence-electron chi connectivity index (χ2n) is 3.79. The first-order valence-electron chi connectivity index (χ1n) is 4.90. The van der Waals surface area contributed by atoms with Crippen LogP contribution < -0.4 is 5.32 Å². The van der Waals surface area contributed by atoms with Crippen molar-refractivity contribution in [3.8, 4) is 0 Å². The van der Waals surface area contributed by atoms with Crippen LogP contribution in [0.5, 0.6) is 0 Å². The van der Waals surface area contributed by atoms with Crippen LogP contribution in [0.25, 0.3) is 0 Å². The van der Waals surface area contributed by atoms with Crippen LogP contribution in [0, 0.1) is 0 Å². The molecule has 0 bridgehead atoms.